The molecule has 1 saturated heterocycles. The van der Waals surface area contributed by atoms with Crippen LogP contribution < -0.4 is 0 Å². The van der Waals surface area contributed by atoms with Crippen LogP contribution in [0.5, 0.6) is 0 Å². The van der Waals surface area contributed by atoms with Gasteiger partial charge in [0.1, 0.15) is 0 Å². The smallest absolute Gasteiger partial charge is 0.179 e. The third-order valence-corrected chi connectivity index (χ3v) is 3.86. The second-order valence-electron chi connectivity index (χ2n) is 4.92. The summed E-state index contributed by atoms with van der Waals surface area (Å²) in [5.41, 5.74) is 3.03. The van der Waals surface area contributed by atoms with Crippen molar-refractivity contribution in [1.29, 1.82) is 0 Å². The molecule has 0 atom stereocenters. The SMILES string of the molecule is Cc1ccc2[nH]c(=S)n(CC3CCOCC3)c2n1. The van der Waals surface area contributed by atoms with Crippen molar-refractivity contribution in [3.63, 3.8) is 0 Å². The maximum atomic E-state index is 5.40. The molecule has 1 aliphatic heterocycles. The summed E-state index contributed by atoms with van der Waals surface area (Å²) in [4.78, 5) is 7.82. The Morgan fingerprint density at radius 2 is 2.22 bits per heavy atom. The van der Waals surface area contributed by atoms with Gasteiger partial charge in [0.25, 0.3) is 0 Å². The number of hydrogen-bond acceptors (Lipinski definition) is 3. The summed E-state index contributed by atoms with van der Waals surface area (Å²) in [5, 5.41) is 0. The number of aromatic nitrogens is 3. The van der Waals surface area contributed by atoms with E-state index in [1.807, 2.05) is 19.1 Å². The van der Waals surface area contributed by atoms with Gasteiger partial charge >= 0.3 is 0 Å². The number of aromatic amines is 1. The van der Waals surface area contributed by atoms with Crippen molar-refractivity contribution >= 4 is 23.4 Å². The summed E-state index contributed by atoms with van der Waals surface area (Å²) >= 11 is 5.40. The number of imidazole rings is 1. The van der Waals surface area contributed by atoms with E-state index in [0.717, 1.165) is 54.2 Å². The van der Waals surface area contributed by atoms with Gasteiger partial charge in [0, 0.05) is 25.5 Å². The van der Waals surface area contributed by atoms with Crippen LogP contribution in [0.1, 0.15) is 18.5 Å². The van der Waals surface area contributed by atoms with Gasteiger partial charge in [-0.15, -0.1) is 0 Å². The van der Waals surface area contributed by atoms with E-state index in [-0.39, 0.29) is 0 Å². The molecule has 0 aromatic carbocycles. The van der Waals surface area contributed by atoms with Gasteiger partial charge < -0.3 is 14.3 Å². The van der Waals surface area contributed by atoms with Gasteiger partial charge in [-0.1, -0.05) is 0 Å². The van der Waals surface area contributed by atoms with Crippen molar-refractivity contribution in [3.05, 3.63) is 22.6 Å². The van der Waals surface area contributed by atoms with Crippen molar-refractivity contribution in [3.8, 4) is 0 Å². The fourth-order valence-electron chi connectivity index (χ4n) is 2.48. The maximum Gasteiger partial charge on any atom is 0.179 e. The maximum absolute atomic E-state index is 5.40. The summed E-state index contributed by atoms with van der Waals surface area (Å²) in [7, 11) is 0. The highest BCUT2D eigenvalue weighted by Gasteiger charge is 2.16. The second kappa shape index (κ2) is 4.82. The van der Waals surface area contributed by atoms with Crippen LogP contribution in [0.15, 0.2) is 12.1 Å². The highest BCUT2D eigenvalue weighted by molar-refractivity contribution is 7.71. The van der Waals surface area contributed by atoms with Crippen LogP contribution in [0, 0.1) is 17.6 Å². The Morgan fingerprint density at radius 3 is 3.00 bits per heavy atom. The Morgan fingerprint density at radius 1 is 1.44 bits per heavy atom. The minimum atomic E-state index is 0.645. The summed E-state index contributed by atoms with van der Waals surface area (Å²) in [6.45, 7) is 4.69. The first-order chi connectivity index (χ1) is 8.74. The first-order valence-corrected chi connectivity index (χ1v) is 6.79. The molecule has 1 fully saturated rings. The minimum absolute atomic E-state index is 0.645. The molecule has 96 valence electrons. The van der Waals surface area contributed by atoms with E-state index >= 15 is 0 Å². The van der Waals surface area contributed by atoms with Crippen LogP contribution >= 0.6 is 12.2 Å². The Kier molecular flexibility index (Phi) is 3.18. The van der Waals surface area contributed by atoms with E-state index < -0.39 is 0 Å². The summed E-state index contributed by atoms with van der Waals surface area (Å²) < 4.78 is 8.30. The monoisotopic (exact) mass is 263 g/mol. The summed E-state index contributed by atoms with van der Waals surface area (Å²) in [6.07, 6.45) is 2.22. The zero-order valence-electron chi connectivity index (χ0n) is 10.5. The highest BCUT2D eigenvalue weighted by Crippen LogP contribution is 2.20. The number of ether oxygens (including phenoxy) is 1. The molecule has 0 unspecified atom stereocenters. The summed E-state index contributed by atoms with van der Waals surface area (Å²) in [6, 6.07) is 4.06. The number of H-pyrrole nitrogens is 1. The molecule has 18 heavy (non-hydrogen) atoms. The van der Waals surface area contributed by atoms with Crippen molar-refractivity contribution in [1.82, 2.24) is 14.5 Å². The number of nitrogens with one attached hydrogen (secondary N) is 1. The van der Waals surface area contributed by atoms with Crippen LogP contribution in [0.25, 0.3) is 11.2 Å². The molecule has 3 heterocycles. The number of nitrogens with zero attached hydrogens (tertiary/aromatic N) is 2. The molecule has 0 saturated carbocycles. The van der Waals surface area contributed by atoms with E-state index in [4.69, 9.17) is 17.0 Å². The van der Waals surface area contributed by atoms with E-state index in [2.05, 4.69) is 14.5 Å². The molecule has 4 nitrogen and oxygen atoms in total. The quantitative estimate of drug-likeness (QED) is 0.847. The third kappa shape index (κ3) is 2.20. The Hall–Kier alpha value is -1.20. The Labute approximate surface area is 111 Å². The minimum Gasteiger partial charge on any atom is -0.381 e. The molecule has 2 aromatic heterocycles. The van der Waals surface area contributed by atoms with Gasteiger partial charge in [0.15, 0.2) is 10.4 Å². The molecule has 1 N–H and O–H groups in total. The summed E-state index contributed by atoms with van der Waals surface area (Å²) in [5.74, 6) is 0.645. The van der Waals surface area contributed by atoms with Crippen LogP contribution in [0.3, 0.4) is 0 Å². The fraction of sp³-hybridized carbons (Fsp3) is 0.538. The molecule has 1 aliphatic rings. The predicted molar refractivity (Wildman–Crippen MR) is 73.2 cm³/mol. The lowest BCUT2D eigenvalue weighted by Gasteiger charge is -2.22. The van der Waals surface area contributed by atoms with Gasteiger partial charge in [-0.05, 0) is 50.0 Å². The van der Waals surface area contributed by atoms with Crippen LogP contribution in [0.4, 0.5) is 0 Å². The van der Waals surface area contributed by atoms with E-state index in [9.17, 15) is 0 Å². The number of aryl methyl sites for hydroxylation is 1. The third-order valence-electron chi connectivity index (χ3n) is 3.54. The van der Waals surface area contributed by atoms with E-state index in [0.29, 0.717) is 5.92 Å². The highest BCUT2D eigenvalue weighted by atomic mass is 32.1. The van der Waals surface area contributed by atoms with Crippen molar-refractivity contribution in [2.75, 3.05) is 13.2 Å². The fourth-order valence-corrected chi connectivity index (χ4v) is 2.75. The molecule has 2 aromatic rings. The molecular formula is C13H17N3OS. The predicted octanol–water partition coefficient (Wildman–Crippen LogP) is 2.83. The molecule has 0 spiro atoms. The number of rotatable bonds is 2. The van der Waals surface area contributed by atoms with Crippen LogP contribution in [-0.4, -0.2) is 27.7 Å². The molecule has 3 rings (SSSR count). The van der Waals surface area contributed by atoms with E-state index in [1.54, 1.807) is 0 Å². The normalized spacial score (nSPS) is 17.4. The lowest BCUT2D eigenvalue weighted by atomic mass is 10.0. The Bertz CT molecular complexity index is 610. The number of hydrogen-bond donors (Lipinski definition) is 1. The first kappa shape index (κ1) is 11.9. The molecule has 0 aliphatic carbocycles. The van der Waals surface area contributed by atoms with Gasteiger partial charge in [0.05, 0.1) is 5.52 Å². The average molecular weight is 263 g/mol. The average Bonchev–Trinajstić information content (AvgIpc) is 2.67. The van der Waals surface area contributed by atoms with Gasteiger partial charge in [-0.2, -0.15) is 0 Å². The lowest BCUT2D eigenvalue weighted by molar-refractivity contribution is 0.0614. The number of pyridine rings is 1. The molecule has 0 bridgehead atoms. The van der Waals surface area contributed by atoms with Crippen LogP contribution in [0.2, 0.25) is 0 Å². The van der Waals surface area contributed by atoms with Gasteiger partial charge in [-0.3, -0.25) is 0 Å². The zero-order chi connectivity index (χ0) is 12.5. The zero-order valence-corrected chi connectivity index (χ0v) is 11.3. The molecule has 5 heteroatoms. The van der Waals surface area contributed by atoms with E-state index in [1.165, 1.54) is 0 Å². The van der Waals surface area contributed by atoms with Gasteiger partial charge in [-0.25, -0.2) is 4.98 Å². The standard InChI is InChI=1S/C13H17N3OS/c1-9-2-3-11-12(14-9)16(13(18)15-11)8-10-4-6-17-7-5-10/h2-3,10H,4-8H2,1H3,(H,15,18). The lowest BCUT2D eigenvalue weighted by Crippen LogP contribution is -2.20. The molecular weight excluding hydrogens is 246 g/mol. The van der Waals surface area contributed by atoms with Crippen molar-refractivity contribution < 1.29 is 4.74 Å². The van der Waals surface area contributed by atoms with Crippen molar-refractivity contribution in [2.45, 2.75) is 26.3 Å². The topological polar surface area (TPSA) is 42.8 Å². The van der Waals surface area contributed by atoms with Gasteiger partial charge in [0.2, 0.25) is 0 Å². The Balaban J connectivity index is 1.97. The molecule has 0 amide bonds. The molecule has 0 radical (unpaired) electrons. The largest absolute Gasteiger partial charge is 0.381 e. The van der Waals surface area contributed by atoms with Crippen molar-refractivity contribution in [2.24, 2.45) is 5.92 Å². The van der Waals surface area contributed by atoms with Crippen LogP contribution in [-0.2, 0) is 11.3 Å². The second-order valence-corrected chi connectivity index (χ2v) is 5.31. The first-order valence-electron chi connectivity index (χ1n) is 6.38. The number of fused-ring (bicyclic) bond motifs is 1.